The number of carbonyl (C=O) groups is 3. The van der Waals surface area contributed by atoms with E-state index in [1.165, 1.54) is 16.7 Å². The number of rotatable bonds is 7. The van der Waals surface area contributed by atoms with Gasteiger partial charge in [-0.15, -0.1) is 11.8 Å². The Morgan fingerprint density at radius 2 is 1.73 bits per heavy atom. The fraction of sp³-hybridized carbons (Fsp3) is 0.400. The average Bonchev–Trinajstić information content (AvgIpc) is 3.35. The topological polar surface area (TPSA) is 95.9 Å². The number of aliphatic carboxylic acids is 1. The van der Waals surface area contributed by atoms with Gasteiger partial charge in [-0.1, -0.05) is 61.9 Å². The van der Waals surface area contributed by atoms with Crippen LogP contribution in [0.1, 0.15) is 43.7 Å². The van der Waals surface area contributed by atoms with Crippen molar-refractivity contribution in [2.24, 2.45) is 0 Å². The second-order valence-corrected chi connectivity index (χ2v) is 9.69. The molecule has 3 atom stereocenters. The van der Waals surface area contributed by atoms with Crippen LogP contribution in [-0.4, -0.2) is 57.8 Å². The Hall–Kier alpha value is -3.00. The van der Waals surface area contributed by atoms with Crippen LogP contribution in [0.3, 0.4) is 0 Å². The predicted octanol–water partition coefficient (Wildman–Crippen LogP) is 4.07. The van der Waals surface area contributed by atoms with Crippen molar-refractivity contribution in [1.82, 2.24) is 10.2 Å². The number of alkyl carbamates (subject to hydrolysis) is 1. The number of thioether (sulfide) groups is 1. The van der Waals surface area contributed by atoms with Crippen LogP contribution in [0.15, 0.2) is 48.5 Å². The highest BCUT2D eigenvalue weighted by Gasteiger charge is 2.42. The Balaban J connectivity index is 1.44. The van der Waals surface area contributed by atoms with Gasteiger partial charge in [0, 0.05) is 11.7 Å². The first-order valence-electron chi connectivity index (χ1n) is 11.2. The maximum absolute atomic E-state index is 13.2. The summed E-state index contributed by atoms with van der Waals surface area (Å²) < 4.78 is 5.59. The van der Waals surface area contributed by atoms with E-state index in [-0.39, 0.29) is 23.8 Å². The number of carboxylic acids is 1. The van der Waals surface area contributed by atoms with Crippen LogP contribution in [0.25, 0.3) is 11.1 Å². The number of ether oxygens (including phenoxy) is 1. The van der Waals surface area contributed by atoms with E-state index >= 15 is 0 Å². The third-order valence-electron chi connectivity index (χ3n) is 6.27. The number of carbonyl (C=O) groups excluding carboxylic acids is 2. The first kappa shape index (κ1) is 23.2. The molecule has 1 fully saturated rings. The average molecular weight is 469 g/mol. The van der Waals surface area contributed by atoms with Crippen LogP contribution in [0, 0.1) is 0 Å². The summed E-state index contributed by atoms with van der Waals surface area (Å²) in [5.41, 5.74) is 4.50. The van der Waals surface area contributed by atoms with E-state index in [0.29, 0.717) is 18.6 Å². The second-order valence-electron chi connectivity index (χ2n) is 8.34. The van der Waals surface area contributed by atoms with E-state index in [9.17, 15) is 19.5 Å². The Labute approximate surface area is 197 Å². The van der Waals surface area contributed by atoms with Crippen molar-refractivity contribution >= 4 is 29.7 Å². The molecular weight excluding hydrogens is 440 g/mol. The normalized spacial score (nSPS) is 20.1. The molecule has 33 heavy (non-hydrogen) atoms. The number of hydrogen-bond donors (Lipinski definition) is 2. The minimum absolute atomic E-state index is 0.0742. The monoisotopic (exact) mass is 468 g/mol. The summed E-state index contributed by atoms with van der Waals surface area (Å²) in [4.78, 5) is 38.8. The van der Waals surface area contributed by atoms with E-state index in [0.717, 1.165) is 22.3 Å². The Morgan fingerprint density at radius 3 is 2.30 bits per heavy atom. The number of amides is 2. The Morgan fingerprint density at radius 1 is 1.12 bits per heavy atom. The molecule has 1 aliphatic carbocycles. The number of nitrogens with zero attached hydrogens (tertiary/aromatic N) is 1. The molecule has 4 rings (SSSR count). The molecule has 0 saturated carbocycles. The number of hydrogen-bond acceptors (Lipinski definition) is 5. The summed E-state index contributed by atoms with van der Waals surface area (Å²) >= 11 is 1.42. The van der Waals surface area contributed by atoms with Gasteiger partial charge in [0.15, 0.2) is 0 Å². The number of nitrogens with one attached hydrogen (secondary N) is 1. The van der Waals surface area contributed by atoms with Gasteiger partial charge >= 0.3 is 12.1 Å². The van der Waals surface area contributed by atoms with Crippen molar-refractivity contribution in [2.45, 2.75) is 50.1 Å². The highest BCUT2D eigenvalue weighted by atomic mass is 32.2. The smallest absolute Gasteiger partial charge is 0.407 e. The molecule has 0 bridgehead atoms. The second kappa shape index (κ2) is 9.87. The van der Waals surface area contributed by atoms with E-state index in [1.54, 1.807) is 0 Å². The summed E-state index contributed by atoms with van der Waals surface area (Å²) in [5.74, 6) is -1.15. The molecule has 174 valence electrons. The quantitative estimate of drug-likeness (QED) is 0.636. The molecule has 1 saturated heterocycles. The van der Waals surface area contributed by atoms with Gasteiger partial charge in [0.05, 0.1) is 5.37 Å². The number of benzene rings is 2. The lowest BCUT2D eigenvalue weighted by molar-refractivity contribution is -0.149. The molecule has 0 aromatic heterocycles. The molecule has 0 radical (unpaired) electrons. The van der Waals surface area contributed by atoms with Crippen LogP contribution in [0.2, 0.25) is 0 Å². The van der Waals surface area contributed by atoms with E-state index in [1.807, 2.05) is 50.2 Å². The van der Waals surface area contributed by atoms with E-state index < -0.39 is 24.1 Å². The van der Waals surface area contributed by atoms with E-state index in [4.69, 9.17) is 4.74 Å². The van der Waals surface area contributed by atoms with Crippen LogP contribution < -0.4 is 5.32 Å². The molecule has 2 N–H and O–H groups in total. The molecule has 2 amide bonds. The van der Waals surface area contributed by atoms with Gasteiger partial charge < -0.3 is 20.1 Å². The Kier molecular flexibility index (Phi) is 6.93. The molecule has 0 spiro atoms. The highest BCUT2D eigenvalue weighted by molar-refractivity contribution is 8.00. The predicted molar refractivity (Wildman–Crippen MR) is 127 cm³/mol. The molecular formula is C25H28N2O5S. The molecule has 7 nitrogen and oxygen atoms in total. The molecule has 2 aromatic rings. The zero-order valence-corrected chi connectivity index (χ0v) is 19.5. The lowest BCUT2D eigenvalue weighted by atomic mass is 9.98. The van der Waals surface area contributed by atoms with Gasteiger partial charge in [-0.3, -0.25) is 4.79 Å². The number of carboxylic acid groups (broad SMARTS) is 1. The van der Waals surface area contributed by atoms with Crippen molar-refractivity contribution in [1.29, 1.82) is 0 Å². The molecule has 2 aliphatic rings. The largest absolute Gasteiger partial charge is 0.480 e. The summed E-state index contributed by atoms with van der Waals surface area (Å²) in [7, 11) is 0. The molecule has 1 heterocycles. The fourth-order valence-electron chi connectivity index (χ4n) is 4.68. The number of fused-ring (bicyclic) bond motifs is 3. The SMILES string of the molecule is CCCC(NC(=O)OCC1c2ccccc2-c2ccccc21)C(=O)N1C(C)SCC1C(=O)O. The first-order valence-corrected chi connectivity index (χ1v) is 12.2. The molecule has 8 heteroatoms. The summed E-state index contributed by atoms with van der Waals surface area (Å²) in [6.45, 7) is 3.87. The Bertz CT molecular complexity index is 1010. The third-order valence-corrected chi connectivity index (χ3v) is 7.49. The van der Waals surface area contributed by atoms with Gasteiger partial charge in [0.25, 0.3) is 0 Å². The molecule has 1 aliphatic heterocycles. The lowest BCUT2D eigenvalue weighted by Gasteiger charge is -2.29. The molecule has 3 unspecified atom stereocenters. The van der Waals surface area contributed by atoms with E-state index in [2.05, 4.69) is 17.4 Å². The van der Waals surface area contributed by atoms with Gasteiger partial charge in [0.2, 0.25) is 5.91 Å². The van der Waals surface area contributed by atoms with Crippen LogP contribution >= 0.6 is 11.8 Å². The maximum Gasteiger partial charge on any atom is 0.407 e. The van der Waals surface area contributed by atoms with Crippen LogP contribution in [0.5, 0.6) is 0 Å². The maximum atomic E-state index is 13.2. The van der Waals surface area contributed by atoms with Crippen molar-refractivity contribution in [3.8, 4) is 11.1 Å². The standard InChI is InChI=1S/C25H28N2O5S/c1-3-8-21(23(28)27-15(2)33-14-22(27)24(29)30)26-25(31)32-13-20-18-11-6-4-9-16(18)17-10-5-7-12-19(17)20/h4-7,9-12,15,20-22H,3,8,13-14H2,1-2H3,(H,26,31)(H,29,30). The van der Waals surface area contributed by atoms with Gasteiger partial charge in [-0.05, 0) is 35.6 Å². The zero-order valence-electron chi connectivity index (χ0n) is 18.7. The lowest BCUT2D eigenvalue weighted by Crippen LogP contribution is -2.54. The zero-order chi connectivity index (χ0) is 23.5. The van der Waals surface area contributed by atoms with Crippen molar-refractivity contribution in [3.63, 3.8) is 0 Å². The van der Waals surface area contributed by atoms with Crippen LogP contribution in [-0.2, 0) is 14.3 Å². The van der Waals surface area contributed by atoms with Gasteiger partial charge in [-0.2, -0.15) is 0 Å². The summed E-state index contributed by atoms with van der Waals surface area (Å²) in [5, 5.41) is 11.9. The van der Waals surface area contributed by atoms with Crippen molar-refractivity contribution in [2.75, 3.05) is 12.4 Å². The van der Waals surface area contributed by atoms with Gasteiger partial charge in [-0.25, -0.2) is 9.59 Å². The van der Waals surface area contributed by atoms with Crippen LogP contribution in [0.4, 0.5) is 4.79 Å². The highest BCUT2D eigenvalue weighted by Crippen LogP contribution is 2.44. The molecule has 2 aromatic carbocycles. The van der Waals surface area contributed by atoms with Gasteiger partial charge in [0.1, 0.15) is 18.7 Å². The summed E-state index contributed by atoms with van der Waals surface area (Å²) in [6.07, 6.45) is 0.395. The first-order chi connectivity index (χ1) is 15.9. The minimum atomic E-state index is -1.03. The van der Waals surface area contributed by atoms with Crippen molar-refractivity contribution in [3.05, 3.63) is 59.7 Å². The van der Waals surface area contributed by atoms with Crippen molar-refractivity contribution < 1.29 is 24.2 Å². The summed E-state index contributed by atoms with van der Waals surface area (Å²) in [6, 6.07) is 14.4. The fourth-order valence-corrected chi connectivity index (χ4v) is 5.85. The third kappa shape index (κ3) is 4.57. The minimum Gasteiger partial charge on any atom is -0.480 e.